The number of hydrogen-bond acceptors (Lipinski definition) is 2. The molecule has 0 spiro atoms. The van der Waals surface area contributed by atoms with Crippen molar-refractivity contribution < 1.29 is 4.79 Å². The van der Waals surface area contributed by atoms with Crippen LogP contribution in [0.5, 0.6) is 0 Å². The summed E-state index contributed by atoms with van der Waals surface area (Å²) in [5.41, 5.74) is 2.34. The highest BCUT2D eigenvalue weighted by Gasteiger charge is 2.25. The van der Waals surface area contributed by atoms with E-state index in [1.54, 1.807) is 6.20 Å². The molecule has 22 heavy (non-hydrogen) atoms. The molecule has 1 atom stereocenters. The van der Waals surface area contributed by atoms with Crippen molar-refractivity contribution in [3.8, 4) is 0 Å². The Bertz CT molecular complexity index is 816. The number of nitrogens with zero attached hydrogens (tertiary/aromatic N) is 1. The first-order valence-corrected chi connectivity index (χ1v) is 8.13. The van der Waals surface area contributed by atoms with Gasteiger partial charge in [-0.2, -0.15) is 0 Å². The lowest BCUT2D eigenvalue weighted by Gasteiger charge is -2.15. The first-order valence-electron chi connectivity index (χ1n) is 8.13. The lowest BCUT2D eigenvalue weighted by Crippen LogP contribution is -2.36. The van der Waals surface area contributed by atoms with E-state index >= 15 is 0 Å². The number of nitrogens with one attached hydrogen (secondary N) is 1. The minimum atomic E-state index is -0.216. The van der Waals surface area contributed by atoms with E-state index in [0.29, 0.717) is 11.4 Å². The van der Waals surface area contributed by atoms with Gasteiger partial charge in [-0.05, 0) is 37.8 Å². The molecular weight excluding hydrogens is 276 g/mol. The Morgan fingerprint density at radius 2 is 2.05 bits per heavy atom. The molecular formula is C18H20N2O2. The van der Waals surface area contributed by atoms with E-state index in [2.05, 4.69) is 22.9 Å². The van der Waals surface area contributed by atoms with Gasteiger partial charge in [-0.25, -0.2) is 0 Å². The van der Waals surface area contributed by atoms with E-state index in [-0.39, 0.29) is 22.9 Å². The molecule has 1 amide bonds. The van der Waals surface area contributed by atoms with Crippen molar-refractivity contribution in [2.24, 2.45) is 0 Å². The SMILES string of the molecule is C[C@@H]1Cc2cccc3c(=O)c(C(=O)NC4CCCC4)cn1c23. The van der Waals surface area contributed by atoms with E-state index in [4.69, 9.17) is 0 Å². The Balaban J connectivity index is 1.81. The zero-order valence-corrected chi connectivity index (χ0v) is 12.8. The molecule has 0 radical (unpaired) electrons. The first kappa shape index (κ1) is 13.6. The molecule has 1 aliphatic carbocycles. The van der Waals surface area contributed by atoms with E-state index < -0.39 is 0 Å². The Kier molecular flexibility index (Phi) is 3.06. The second-order valence-corrected chi connectivity index (χ2v) is 6.60. The van der Waals surface area contributed by atoms with E-state index in [9.17, 15) is 9.59 Å². The molecule has 4 nitrogen and oxygen atoms in total. The first-order chi connectivity index (χ1) is 10.6. The summed E-state index contributed by atoms with van der Waals surface area (Å²) in [6.45, 7) is 2.13. The lowest BCUT2D eigenvalue weighted by atomic mass is 10.1. The van der Waals surface area contributed by atoms with Crippen LogP contribution in [0, 0.1) is 0 Å². The summed E-state index contributed by atoms with van der Waals surface area (Å²) >= 11 is 0. The van der Waals surface area contributed by atoms with Crippen molar-refractivity contribution in [1.82, 2.24) is 9.88 Å². The number of rotatable bonds is 2. The van der Waals surface area contributed by atoms with Crippen LogP contribution in [-0.2, 0) is 6.42 Å². The topological polar surface area (TPSA) is 51.1 Å². The second-order valence-electron chi connectivity index (χ2n) is 6.60. The third-order valence-corrected chi connectivity index (χ3v) is 5.06. The van der Waals surface area contributed by atoms with Crippen LogP contribution in [0.2, 0.25) is 0 Å². The van der Waals surface area contributed by atoms with Gasteiger partial charge in [0.25, 0.3) is 5.91 Å². The number of hydrogen-bond donors (Lipinski definition) is 1. The van der Waals surface area contributed by atoms with Crippen molar-refractivity contribution in [1.29, 1.82) is 0 Å². The molecule has 0 saturated heterocycles. The molecule has 1 saturated carbocycles. The number of aromatic nitrogens is 1. The monoisotopic (exact) mass is 296 g/mol. The molecule has 0 bridgehead atoms. The highest BCUT2D eigenvalue weighted by Crippen LogP contribution is 2.30. The van der Waals surface area contributed by atoms with Crippen molar-refractivity contribution in [3.63, 3.8) is 0 Å². The van der Waals surface area contributed by atoms with Crippen molar-refractivity contribution in [3.05, 3.63) is 45.7 Å². The molecule has 0 unspecified atom stereocenters. The highest BCUT2D eigenvalue weighted by molar-refractivity contribution is 5.98. The fourth-order valence-corrected chi connectivity index (χ4v) is 3.91. The second kappa shape index (κ2) is 4.97. The number of carbonyl (C=O) groups excluding carboxylic acids is 1. The van der Waals surface area contributed by atoms with Crippen LogP contribution in [0.3, 0.4) is 0 Å². The summed E-state index contributed by atoms with van der Waals surface area (Å²) in [7, 11) is 0. The Hall–Kier alpha value is -2.10. The molecule has 4 rings (SSSR count). The fourth-order valence-electron chi connectivity index (χ4n) is 3.91. The van der Waals surface area contributed by atoms with E-state index in [0.717, 1.165) is 37.6 Å². The predicted octanol–water partition coefficient (Wildman–Crippen LogP) is 2.79. The molecule has 1 aromatic heterocycles. The van der Waals surface area contributed by atoms with Crippen molar-refractivity contribution in [2.75, 3.05) is 0 Å². The van der Waals surface area contributed by atoms with Gasteiger partial charge in [0.2, 0.25) is 5.43 Å². The number of carbonyl (C=O) groups is 1. The average Bonchev–Trinajstić information content (AvgIpc) is 3.11. The van der Waals surface area contributed by atoms with Crippen LogP contribution < -0.4 is 10.7 Å². The number of para-hydroxylation sites is 1. The van der Waals surface area contributed by atoms with Crippen LogP contribution in [0.4, 0.5) is 0 Å². The summed E-state index contributed by atoms with van der Waals surface area (Å²) < 4.78 is 2.09. The van der Waals surface area contributed by atoms with Crippen LogP contribution >= 0.6 is 0 Å². The fraction of sp³-hybridized carbons (Fsp3) is 0.444. The van der Waals surface area contributed by atoms with Crippen LogP contribution in [0.15, 0.2) is 29.2 Å². The van der Waals surface area contributed by atoms with Gasteiger partial charge < -0.3 is 9.88 Å². The third kappa shape index (κ3) is 1.97. The maximum atomic E-state index is 12.7. The number of pyridine rings is 1. The molecule has 114 valence electrons. The maximum Gasteiger partial charge on any atom is 0.256 e. The van der Waals surface area contributed by atoms with Crippen LogP contribution in [-0.4, -0.2) is 16.5 Å². The van der Waals surface area contributed by atoms with Crippen molar-refractivity contribution >= 4 is 16.8 Å². The van der Waals surface area contributed by atoms with Crippen LogP contribution in [0.1, 0.15) is 54.6 Å². The molecule has 2 aliphatic rings. The zero-order valence-electron chi connectivity index (χ0n) is 12.8. The Morgan fingerprint density at radius 1 is 1.27 bits per heavy atom. The summed E-state index contributed by atoms with van der Waals surface area (Å²) in [6.07, 6.45) is 7.04. The largest absolute Gasteiger partial charge is 0.349 e. The maximum absolute atomic E-state index is 12.7. The molecule has 2 aromatic rings. The minimum Gasteiger partial charge on any atom is -0.349 e. The molecule has 1 N–H and O–H groups in total. The molecule has 1 aliphatic heterocycles. The predicted molar refractivity (Wildman–Crippen MR) is 86.3 cm³/mol. The zero-order chi connectivity index (χ0) is 15.3. The summed E-state index contributed by atoms with van der Waals surface area (Å²) in [5.74, 6) is -0.216. The number of benzene rings is 1. The molecule has 1 aromatic carbocycles. The van der Waals surface area contributed by atoms with E-state index in [1.807, 2.05) is 12.1 Å². The third-order valence-electron chi connectivity index (χ3n) is 5.06. The van der Waals surface area contributed by atoms with Gasteiger partial charge in [0, 0.05) is 23.7 Å². The normalized spacial score (nSPS) is 20.7. The molecule has 4 heteroatoms. The molecule has 2 heterocycles. The highest BCUT2D eigenvalue weighted by atomic mass is 16.2. The lowest BCUT2D eigenvalue weighted by molar-refractivity contribution is 0.0936. The summed E-state index contributed by atoms with van der Waals surface area (Å²) in [6, 6.07) is 6.34. The average molecular weight is 296 g/mol. The van der Waals surface area contributed by atoms with Gasteiger partial charge in [-0.15, -0.1) is 0 Å². The standard InChI is InChI=1S/C18H20N2O2/c1-11-9-12-5-4-8-14-16(12)20(11)10-15(17(14)21)18(22)19-13-6-2-3-7-13/h4-5,8,10-11,13H,2-3,6-7,9H2,1H3,(H,19,22)/t11-/m1/s1. The van der Waals surface area contributed by atoms with E-state index in [1.165, 1.54) is 5.56 Å². The van der Waals surface area contributed by atoms with Gasteiger partial charge in [0.15, 0.2) is 0 Å². The van der Waals surface area contributed by atoms with Crippen molar-refractivity contribution in [2.45, 2.75) is 51.1 Å². The van der Waals surface area contributed by atoms with Gasteiger partial charge in [-0.1, -0.05) is 25.0 Å². The summed E-state index contributed by atoms with van der Waals surface area (Å²) in [5, 5.41) is 3.70. The van der Waals surface area contributed by atoms with Gasteiger partial charge in [-0.3, -0.25) is 9.59 Å². The Morgan fingerprint density at radius 3 is 2.82 bits per heavy atom. The van der Waals surface area contributed by atoms with Crippen LogP contribution in [0.25, 0.3) is 10.9 Å². The Labute approximate surface area is 129 Å². The van der Waals surface area contributed by atoms with Gasteiger partial charge in [0.1, 0.15) is 5.56 Å². The minimum absolute atomic E-state index is 0.141. The van der Waals surface area contributed by atoms with Gasteiger partial charge in [0.05, 0.1) is 5.52 Å². The molecule has 1 fully saturated rings. The smallest absolute Gasteiger partial charge is 0.256 e. The number of amides is 1. The summed E-state index contributed by atoms with van der Waals surface area (Å²) in [4.78, 5) is 25.2. The quantitative estimate of drug-likeness (QED) is 0.926. The van der Waals surface area contributed by atoms with Gasteiger partial charge >= 0.3 is 0 Å².